The molecule has 0 aliphatic heterocycles. The summed E-state index contributed by atoms with van der Waals surface area (Å²) in [6.07, 6.45) is 1.39. The fourth-order valence-corrected chi connectivity index (χ4v) is 2.46. The van der Waals surface area contributed by atoms with Gasteiger partial charge in [-0.1, -0.05) is 44.9 Å². The Morgan fingerprint density at radius 3 is 2.21 bits per heavy atom. The standard InChI is InChI=1S/C16H25NO2/c1-5-13(6-2)14(18)10-17-16(19)15-11(3)8-7-9-12(15)4/h7-9,13-14,18H,5-6,10H2,1-4H3,(H,17,19). The fourth-order valence-electron chi connectivity index (χ4n) is 2.46. The van der Waals surface area contributed by atoms with Gasteiger partial charge in [0.05, 0.1) is 6.10 Å². The molecule has 0 fully saturated rings. The number of amides is 1. The molecule has 1 atom stereocenters. The average molecular weight is 263 g/mol. The van der Waals surface area contributed by atoms with E-state index < -0.39 is 6.10 Å². The van der Waals surface area contributed by atoms with Gasteiger partial charge in [0.1, 0.15) is 0 Å². The second-order valence-corrected chi connectivity index (χ2v) is 5.12. The van der Waals surface area contributed by atoms with Crippen molar-refractivity contribution in [2.75, 3.05) is 6.54 Å². The molecule has 0 saturated heterocycles. The van der Waals surface area contributed by atoms with Gasteiger partial charge in [0.25, 0.3) is 5.91 Å². The molecule has 0 radical (unpaired) electrons. The zero-order valence-corrected chi connectivity index (χ0v) is 12.4. The Morgan fingerprint density at radius 2 is 1.74 bits per heavy atom. The molecule has 0 saturated carbocycles. The Balaban J connectivity index is 2.66. The van der Waals surface area contributed by atoms with E-state index in [-0.39, 0.29) is 11.8 Å². The van der Waals surface area contributed by atoms with Crippen molar-refractivity contribution in [1.82, 2.24) is 5.32 Å². The maximum absolute atomic E-state index is 12.2. The monoisotopic (exact) mass is 263 g/mol. The molecule has 1 unspecified atom stereocenters. The van der Waals surface area contributed by atoms with E-state index in [2.05, 4.69) is 19.2 Å². The molecule has 0 aromatic heterocycles. The number of nitrogens with one attached hydrogen (secondary N) is 1. The van der Waals surface area contributed by atoms with Gasteiger partial charge in [0.2, 0.25) is 0 Å². The Kier molecular flexibility index (Phi) is 6.03. The number of carbonyl (C=O) groups excluding carboxylic acids is 1. The maximum Gasteiger partial charge on any atom is 0.251 e. The van der Waals surface area contributed by atoms with Crippen LogP contribution in [0, 0.1) is 19.8 Å². The van der Waals surface area contributed by atoms with Gasteiger partial charge < -0.3 is 10.4 Å². The SMILES string of the molecule is CCC(CC)C(O)CNC(=O)c1c(C)cccc1C. The number of carbonyl (C=O) groups is 1. The highest BCUT2D eigenvalue weighted by molar-refractivity contribution is 5.97. The molecule has 0 bridgehead atoms. The molecular formula is C16H25NO2. The summed E-state index contributed by atoms with van der Waals surface area (Å²) in [5.41, 5.74) is 2.66. The van der Waals surface area contributed by atoms with Crippen molar-refractivity contribution >= 4 is 5.91 Å². The van der Waals surface area contributed by atoms with Gasteiger partial charge >= 0.3 is 0 Å². The molecule has 2 N–H and O–H groups in total. The zero-order valence-electron chi connectivity index (χ0n) is 12.4. The van der Waals surface area contributed by atoms with Gasteiger partial charge in [-0.3, -0.25) is 4.79 Å². The Morgan fingerprint density at radius 1 is 1.21 bits per heavy atom. The molecule has 1 aromatic carbocycles. The quantitative estimate of drug-likeness (QED) is 0.829. The number of hydrogen-bond acceptors (Lipinski definition) is 2. The first-order valence-corrected chi connectivity index (χ1v) is 7.03. The van der Waals surface area contributed by atoms with Crippen LogP contribution in [0.2, 0.25) is 0 Å². The molecule has 0 aliphatic rings. The third kappa shape index (κ3) is 4.06. The van der Waals surface area contributed by atoms with Gasteiger partial charge in [-0.25, -0.2) is 0 Å². The van der Waals surface area contributed by atoms with E-state index in [9.17, 15) is 9.90 Å². The molecule has 0 spiro atoms. The van der Waals surface area contributed by atoms with Gasteiger partial charge in [-0.15, -0.1) is 0 Å². The summed E-state index contributed by atoms with van der Waals surface area (Å²) in [5.74, 6) is 0.152. The summed E-state index contributed by atoms with van der Waals surface area (Å²) < 4.78 is 0. The first kappa shape index (κ1) is 15.7. The third-order valence-electron chi connectivity index (χ3n) is 3.77. The first-order chi connectivity index (χ1) is 9.01. The van der Waals surface area contributed by atoms with Crippen LogP contribution in [0.4, 0.5) is 0 Å². The molecular weight excluding hydrogens is 238 g/mol. The van der Waals surface area contributed by atoms with Crippen molar-refractivity contribution in [3.8, 4) is 0 Å². The molecule has 3 heteroatoms. The number of hydrogen-bond donors (Lipinski definition) is 2. The molecule has 106 valence electrons. The van der Waals surface area contributed by atoms with Crippen molar-refractivity contribution in [2.45, 2.75) is 46.6 Å². The summed E-state index contributed by atoms with van der Waals surface area (Å²) in [6.45, 7) is 8.30. The number of benzene rings is 1. The predicted octanol–water partition coefficient (Wildman–Crippen LogP) is 2.83. The van der Waals surface area contributed by atoms with Crippen LogP contribution >= 0.6 is 0 Å². The molecule has 0 heterocycles. The van der Waals surface area contributed by atoms with Crippen molar-refractivity contribution < 1.29 is 9.90 Å². The van der Waals surface area contributed by atoms with Gasteiger partial charge in [0, 0.05) is 12.1 Å². The van der Waals surface area contributed by atoms with E-state index in [1.54, 1.807) is 0 Å². The lowest BCUT2D eigenvalue weighted by Gasteiger charge is -2.20. The summed E-state index contributed by atoms with van der Waals surface area (Å²) in [6, 6.07) is 5.80. The van der Waals surface area contributed by atoms with E-state index in [1.165, 1.54) is 0 Å². The van der Waals surface area contributed by atoms with Crippen LogP contribution in [-0.2, 0) is 0 Å². The number of aryl methyl sites for hydroxylation is 2. The van der Waals surface area contributed by atoms with Crippen molar-refractivity contribution in [3.63, 3.8) is 0 Å². The predicted molar refractivity (Wildman–Crippen MR) is 78.3 cm³/mol. The van der Waals surface area contributed by atoms with Crippen molar-refractivity contribution in [1.29, 1.82) is 0 Å². The van der Waals surface area contributed by atoms with E-state index >= 15 is 0 Å². The zero-order chi connectivity index (χ0) is 14.4. The fraction of sp³-hybridized carbons (Fsp3) is 0.562. The summed E-state index contributed by atoms with van der Waals surface area (Å²) in [5, 5.41) is 12.9. The highest BCUT2D eigenvalue weighted by Gasteiger charge is 2.18. The molecule has 0 aliphatic carbocycles. The first-order valence-electron chi connectivity index (χ1n) is 7.03. The molecule has 1 rings (SSSR count). The second-order valence-electron chi connectivity index (χ2n) is 5.12. The van der Waals surface area contributed by atoms with Crippen LogP contribution in [0.3, 0.4) is 0 Å². The van der Waals surface area contributed by atoms with Crippen molar-refractivity contribution in [3.05, 3.63) is 34.9 Å². The highest BCUT2D eigenvalue weighted by atomic mass is 16.3. The van der Waals surface area contributed by atoms with Crippen LogP contribution in [-0.4, -0.2) is 23.7 Å². The van der Waals surface area contributed by atoms with Gasteiger partial charge in [-0.05, 0) is 30.9 Å². The summed E-state index contributed by atoms with van der Waals surface area (Å²) in [4.78, 5) is 12.2. The molecule has 1 amide bonds. The summed E-state index contributed by atoms with van der Waals surface area (Å²) >= 11 is 0. The molecule has 3 nitrogen and oxygen atoms in total. The largest absolute Gasteiger partial charge is 0.391 e. The van der Waals surface area contributed by atoms with Gasteiger partial charge in [0.15, 0.2) is 0 Å². The highest BCUT2D eigenvalue weighted by Crippen LogP contribution is 2.14. The van der Waals surface area contributed by atoms with Crippen LogP contribution in [0.1, 0.15) is 48.2 Å². The number of rotatable bonds is 6. The van der Waals surface area contributed by atoms with Crippen LogP contribution in [0.15, 0.2) is 18.2 Å². The Hall–Kier alpha value is -1.35. The van der Waals surface area contributed by atoms with Crippen LogP contribution in [0.25, 0.3) is 0 Å². The van der Waals surface area contributed by atoms with E-state index in [0.29, 0.717) is 6.54 Å². The normalized spacial score (nSPS) is 12.5. The number of aliphatic hydroxyl groups excluding tert-OH is 1. The van der Waals surface area contributed by atoms with Crippen LogP contribution in [0.5, 0.6) is 0 Å². The number of aliphatic hydroxyl groups is 1. The van der Waals surface area contributed by atoms with Crippen LogP contribution < -0.4 is 5.32 Å². The van der Waals surface area contributed by atoms with E-state index in [1.807, 2.05) is 32.0 Å². The molecule has 1 aromatic rings. The van der Waals surface area contributed by atoms with E-state index in [4.69, 9.17) is 0 Å². The minimum absolute atomic E-state index is 0.0967. The third-order valence-corrected chi connectivity index (χ3v) is 3.77. The smallest absolute Gasteiger partial charge is 0.251 e. The molecule has 19 heavy (non-hydrogen) atoms. The van der Waals surface area contributed by atoms with E-state index in [0.717, 1.165) is 29.5 Å². The Bertz CT molecular complexity index is 405. The minimum atomic E-state index is -0.469. The second kappa shape index (κ2) is 7.29. The lowest BCUT2D eigenvalue weighted by molar-refractivity contribution is 0.0815. The maximum atomic E-state index is 12.2. The average Bonchev–Trinajstić information content (AvgIpc) is 2.37. The minimum Gasteiger partial charge on any atom is -0.391 e. The summed E-state index contributed by atoms with van der Waals surface area (Å²) in [7, 11) is 0. The lowest BCUT2D eigenvalue weighted by atomic mass is 9.96. The topological polar surface area (TPSA) is 49.3 Å². The van der Waals surface area contributed by atoms with Gasteiger partial charge in [-0.2, -0.15) is 0 Å². The lowest BCUT2D eigenvalue weighted by Crippen LogP contribution is -2.36. The van der Waals surface area contributed by atoms with Crippen molar-refractivity contribution in [2.24, 2.45) is 5.92 Å². The Labute approximate surface area is 116 Å².